The quantitative estimate of drug-likeness (QED) is 0.196. The summed E-state index contributed by atoms with van der Waals surface area (Å²) in [6.45, 7) is 8.87. The Morgan fingerprint density at radius 2 is 1.41 bits per heavy atom. The predicted octanol–water partition coefficient (Wildman–Crippen LogP) is 5.59. The van der Waals surface area contributed by atoms with Gasteiger partial charge in [-0.3, -0.25) is 14.6 Å². The Kier molecular flexibility index (Phi) is 11.4. The van der Waals surface area contributed by atoms with Crippen LogP contribution in [0.2, 0.25) is 0 Å². The molecular formula is C42H54N8O6. The maximum Gasteiger partial charge on any atom is 0.407 e. The number of likely N-dealkylation sites (tertiary alicyclic amines) is 2. The number of amidine groups is 1. The van der Waals surface area contributed by atoms with Gasteiger partial charge < -0.3 is 40.2 Å². The smallest absolute Gasteiger partial charge is 0.407 e. The lowest BCUT2D eigenvalue weighted by molar-refractivity contribution is -0.137. The van der Waals surface area contributed by atoms with E-state index in [1.54, 1.807) is 0 Å². The molecule has 4 N–H and O–H groups in total. The first-order valence-corrected chi connectivity index (χ1v) is 19.9. The van der Waals surface area contributed by atoms with Crippen LogP contribution in [0.4, 0.5) is 9.59 Å². The molecule has 298 valence electrons. The number of piperidine rings is 1. The number of hydrogen-bond donors (Lipinski definition) is 4. The second kappa shape index (κ2) is 16.4. The monoisotopic (exact) mass is 766 g/mol. The Bertz CT molecular complexity index is 1940. The molecule has 1 saturated carbocycles. The number of nitrogens with zero attached hydrogens (tertiary/aromatic N) is 4. The van der Waals surface area contributed by atoms with Crippen molar-refractivity contribution in [1.29, 1.82) is 0 Å². The molecule has 56 heavy (non-hydrogen) atoms. The number of alkyl carbamates (subject to hydrolysis) is 2. The van der Waals surface area contributed by atoms with Crippen molar-refractivity contribution in [3.8, 4) is 22.4 Å². The van der Waals surface area contributed by atoms with Crippen molar-refractivity contribution in [1.82, 2.24) is 35.7 Å². The van der Waals surface area contributed by atoms with Crippen molar-refractivity contribution < 1.29 is 28.7 Å². The van der Waals surface area contributed by atoms with Crippen LogP contribution in [0.5, 0.6) is 0 Å². The number of hydrogen-bond acceptors (Lipinski definition) is 9. The maximum absolute atomic E-state index is 13.9. The van der Waals surface area contributed by atoms with Crippen LogP contribution in [-0.4, -0.2) is 101 Å². The Balaban J connectivity index is 0.984. The molecule has 3 aromatic rings. The molecule has 1 unspecified atom stereocenters. The molecule has 1 aromatic heterocycles. The van der Waals surface area contributed by atoms with Gasteiger partial charge in [0.1, 0.15) is 23.7 Å². The highest BCUT2D eigenvalue weighted by atomic mass is 16.5. The molecule has 0 radical (unpaired) electrons. The van der Waals surface area contributed by atoms with Gasteiger partial charge in [0, 0.05) is 12.6 Å². The molecule has 1 aliphatic carbocycles. The second-order valence-electron chi connectivity index (χ2n) is 16.1. The third kappa shape index (κ3) is 7.70. The molecule has 14 heteroatoms. The minimum atomic E-state index is -0.684. The van der Waals surface area contributed by atoms with Gasteiger partial charge in [0.25, 0.3) is 0 Å². The highest BCUT2D eigenvalue weighted by Gasteiger charge is 2.52. The fourth-order valence-corrected chi connectivity index (χ4v) is 8.94. The van der Waals surface area contributed by atoms with E-state index >= 15 is 0 Å². The van der Waals surface area contributed by atoms with Crippen LogP contribution >= 0.6 is 0 Å². The summed E-state index contributed by atoms with van der Waals surface area (Å²) in [4.78, 5) is 68.4. The summed E-state index contributed by atoms with van der Waals surface area (Å²) in [7, 11) is 2.60. The summed E-state index contributed by atoms with van der Waals surface area (Å²) < 4.78 is 9.58. The minimum Gasteiger partial charge on any atom is -0.453 e. The first kappa shape index (κ1) is 38.9. The third-order valence-corrected chi connectivity index (χ3v) is 12.0. The zero-order chi connectivity index (χ0) is 39.7. The number of amides is 4. The van der Waals surface area contributed by atoms with Crippen molar-refractivity contribution in [2.24, 2.45) is 22.7 Å². The van der Waals surface area contributed by atoms with Gasteiger partial charge in [-0.1, -0.05) is 76.2 Å². The van der Waals surface area contributed by atoms with Gasteiger partial charge in [-0.15, -0.1) is 0 Å². The molecule has 4 aliphatic rings. The molecule has 7 atom stereocenters. The second-order valence-corrected chi connectivity index (χ2v) is 16.1. The molecule has 4 amide bonds. The lowest BCUT2D eigenvalue weighted by Gasteiger charge is -2.38. The summed E-state index contributed by atoms with van der Waals surface area (Å²) in [6, 6.07) is 15.3. The van der Waals surface area contributed by atoms with Crippen molar-refractivity contribution in [3.05, 3.63) is 66.1 Å². The van der Waals surface area contributed by atoms with Crippen LogP contribution in [-0.2, 0) is 19.1 Å². The normalized spacial score (nSPS) is 23.9. The SMILES string of the molecule is COC(=O)N[C@H](C(=O)N1CCC[C@H]1c1ncc(-c2ccc(-c3ccc(C4CN=C([C@@H]5[C@H]6CC[C@H](C6)N5C(=O)[C@@H](NC(=O)OC)C(C)C)N4)cc3)cc2)[nH]1)C(C)C. The lowest BCUT2D eigenvalue weighted by Crippen LogP contribution is -2.59. The lowest BCUT2D eigenvalue weighted by atomic mass is 9.95. The van der Waals surface area contributed by atoms with E-state index < -0.39 is 24.3 Å². The summed E-state index contributed by atoms with van der Waals surface area (Å²) in [5, 5.41) is 9.13. The van der Waals surface area contributed by atoms with Crippen molar-refractivity contribution in [2.45, 2.75) is 96.1 Å². The van der Waals surface area contributed by atoms with Gasteiger partial charge in [0.2, 0.25) is 11.8 Å². The van der Waals surface area contributed by atoms with Crippen molar-refractivity contribution in [2.75, 3.05) is 27.3 Å². The van der Waals surface area contributed by atoms with E-state index in [0.717, 1.165) is 71.7 Å². The van der Waals surface area contributed by atoms with Gasteiger partial charge in [0.15, 0.2) is 0 Å². The molecule has 2 bridgehead atoms. The number of aromatic amines is 1. The van der Waals surface area contributed by atoms with Crippen LogP contribution < -0.4 is 16.0 Å². The van der Waals surface area contributed by atoms with Gasteiger partial charge >= 0.3 is 12.2 Å². The van der Waals surface area contributed by atoms with E-state index in [4.69, 9.17) is 14.5 Å². The number of H-pyrrole nitrogens is 1. The molecule has 4 heterocycles. The van der Waals surface area contributed by atoms with E-state index in [9.17, 15) is 19.2 Å². The molecule has 0 spiro atoms. The Morgan fingerprint density at radius 3 is 2.04 bits per heavy atom. The average Bonchev–Trinajstić information content (AvgIpc) is 4.06. The number of methoxy groups -OCH3 is 2. The van der Waals surface area contributed by atoms with Gasteiger partial charge in [-0.2, -0.15) is 0 Å². The summed E-state index contributed by atoms with van der Waals surface area (Å²) in [5.41, 5.74) is 5.16. The number of imidazole rings is 1. The summed E-state index contributed by atoms with van der Waals surface area (Å²) in [5.74, 6) is 1.54. The molecule has 2 aromatic carbocycles. The van der Waals surface area contributed by atoms with Crippen LogP contribution in [0.1, 0.15) is 83.3 Å². The van der Waals surface area contributed by atoms with Gasteiger partial charge in [-0.25, -0.2) is 14.6 Å². The maximum atomic E-state index is 13.9. The Morgan fingerprint density at radius 1 is 0.804 bits per heavy atom. The largest absolute Gasteiger partial charge is 0.453 e. The van der Waals surface area contributed by atoms with E-state index in [-0.39, 0.29) is 47.8 Å². The number of aliphatic imine (C=N–C) groups is 1. The van der Waals surface area contributed by atoms with Crippen LogP contribution in [0.25, 0.3) is 22.4 Å². The fourth-order valence-electron chi connectivity index (χ4n) is 8.94. The Labute approximate surface area is 328 Å². The number of carbonyl (C=O) groups excluding carboxylic acids is 4. The number of ether oxygens (including phenoxy) is 2. The van der Waals surface area contributed by atoms with Crippen molar-refractivity contribution >= 4 is 29.8 Å². The number of carbonyl (C=O) groups is 4. The number of benzene rings is 2. The van der Waals surface area contributed by atoms with E-state index in [2.05, 4.69) is 74.4 Å². The number of fused-ring (bicyclic) bond motifs is 2. The van der Waals surface area contributed by atoms with Crippen LogP contribution in [0.3, 0.4) is 0 Å². The topological polar surface area (TPSA) is 170 Å². The predicted molar refractivity (Wildman–Crippen MR) is 211 cm³/mol. The fraction of sp³-hybridized carbons (Fsp3) is 0.524. The van der Waals surface area contributed by atoms with Crippen LogP contribution in [0.15, 0.2) is 59.7 Å². The van der Waals surface area contributed by atoms with Crippen molar-refractivity contribution in [3.63, 3.8) is 0 Å². The molecule has 2 saturated heterocycles. The summed E-state index contributed by atoms with van der Waals surface area (Å²) in [6.07, 6.45) is 5.21. The third-order valence-electron chi connectivity index (χ3n) is 12.0. The molecule has 14 nitrogen and oxygen atoms in total. The Hall–Kier alpha value is -5.40. The van der Waals surface area contributed by atoms with Gasteiger partial charge in [-0.05, 0) is 72.1 Å². The average molecular weight is 767 g/mol. The number of aromatic nitrogens is 2. The zero-order valence-corrected chi connectivity index (χ0v) is 33.1. The number of nitrogens with one attached hydrogen (secondary N) is 4. The number of rotatable bonds is 11. The minimum absolute atomic E-state index is 0.00706. The molecule has 3 aliphatic heterocycles. The molecular weight excluding hydrogens is 713 g/mol. The van der Waals surface area contributed by atoms with E-state index in [1.165, 1.54) is 14.2 Å². The van der Waals surface area contributed by atoms with Gasteiger partial charge in [0.05, 0.1) is 50.8 Å². The first-order valence-electron chi connectivity index (χ1n) is 19.9. The highest BCUT2D eigenvalue weighted by molar-refractivity contribution is 5.96. The molecule has 3 fully saturated rings. The van der Waals surface area contributed by atoms with Crippen LogP contribution in [0, 0.1) is 17.8 Å². The molecule has 7 rings (SSSR count). The van der Waals surface area contributed by atoms with E-state index in [1.807, 2.05) is 43.7 Å². The zero-order valence-electron chi connectivity index (χ0n) is 33.1. The first-order chi connectivity index (χ1) is 27.0. The summed E-state index contributed by atoms with van der Waals surface area (Å²) >= 11 is 0. The standard InChI is InChI=1S/C42H54N8O6/c1-23(2)34(47-41(53)55-5)39(51)49-19-7-8-33(49)37-43-21-31(45-37)27-13-9-25(10-14-27)26-11-15-28(16-12-26)32-22-44-38(46-32)36-29-17-18-30(20-29)50(36)40(52)35(24(3)4)48-42(54)56-6/h9-16,21,23-24,29-30,32-36H,7-8,17-20,22H2,1-6H3,(H,43,45)(H,44,46)(H,47,53)(H,48,54)/t29-,30+,32?,33-,34-,35-,36-/m0/s1. The van der Waals surface area contributed by atoms with E-state index in [0.29, 0.717) is 19.0 Å². The highest BCUT2D eigenvalue weighted by Crippen LogP contribution is 2.44.